The summed E-state index contributed by atoms with van der Waals surface area (Å²) in [5.41, 5.74) is 0.00938. The predicted molar refractivity (Wildman–Crippen MR) is 40.5 cm³/mol. The van der Waals surface area contributed by atoms with E-state index in [0.29, 0.717) is 0 Å². The van der Waals surface area contributed by atoms with Crippen LogP contribution in [0.3, 0.4) is 0 Å². The molecular weight excluding hydrogens is 186 g/mol. The van der Waals surface area contributed by atoms with Crippen LogP contribution in [0.25, 0.3) is 0 Å². The second-order valence-electron chi connectivity index (χ2n) is 1.98. The number of carbonyl (C=O) groups excluding carboxylic acids is 1. The predicted octanol–water partition coefficient (Wildman–Crippen LogP) is -1.16. The number of hydrogen-bond donors (Lipinski definition) is 3. The van der Waals surface area contributed by atoms with Gasteiger partial charge in [0.25, 0.3) is 5.91 Å². The zero-order valence-electron chi connectivity index (χ0n) is 6.31. The van der Waals surface area contributed by atoms with Gasteiger partial charge in [-0.25, -0.2) is 4.72 Å². The van der Waals surface area contributed by atoms with Crippen molar-refractivity contribution in [2.45, 2.75) is 6.92 Å². The first-order valence-electron chi connectivity index (χ1n) is 2.94. The third kappa shape index (κ3) is 4.83. The van der Waals surface area contributed by atoms with Crippen LogP contribution in [0, 0.1) is 0 Å². The molecule has 0 atom stereocenters. The molecule has 12 heavy (non-hydrogen) atoms. The summed E-state index contributed by atoms with van der Waals surface area (Å²) >= 11 is 0. The van der Waals surface area contributed by atoms with Crippen molar-refractivity contribution in [1.82, 2.24) is 4.72 Å². The minimum absolute atomic E-state index is 0.00938. The number of hydrogen-bond acceptors (Lipinski definition) is 4. The van der Waals surface area contributed by atoms with E-state index in [2.05, 4.69) is 0 Å². The molecule has 0 fully saturated rings. The SMILES string of the molecule is C/C(=C\CO)C(=O)NS(=O)(=O)O. The fraction of sp³-hybridized carbons (Fsp3) is 0.400. The van der Waals surface area contributed by atoms with Crippen LogP contribution in [0.4, 0.5) is 0 Å². The van der Waals surface area contributed by atoms with Crippen molar-refractivity contribution in [1.29, 1.82) is 0 Å². The highest BCUT2D eigenvalue weighted by Crippen LogP contribution is 1.91. The van der Waals surface area contributed by atoms with Gasteiger partial charge in [0.1, 0.15) is 0 Å². The van der Waals surface area contributed by atoms with Crippen LogP contribution in [0.1, 0.15) is 6.92 Å². The van der Waals surface area contributed by atoms with Crippen LogP contribution >= 0.6 is 0 Å². The summed E-state index contributed by atoms with van der Waals surface area (Å²) in [7, 11) is -4.51. The highest BCUT2D eigenvalue weighted by atomic mass is 32.2. The molecule has 0 spiro atoms. The van der Waals surface area contributed by atoms with E-state index in [9.17, 15) is 13.2 Å². The fourth-order valence-electron chi connectivity index (χ4n) is 0.427. The van der Waals surface area contributed by atoms with E-state index >= 15 is 0 Å². The van der Waals surface area contributed by atoms with Crippen molar-refractivity contribution in [3.05, 3.63) is 11.6 Å². The Morgan fingerprint density at radius 3 is 2.42 bits per heavy atom. The van der Waals surface area contributed by atoms with Gasteiger partial charge in [0.2, 0.25) is 0 Å². The first-order chi connectivity index (χ1) is 5.37. The molecule has 0 bridgehead atoms. The molecule has 0 heterocycles. The first-order valence-corrected chi connectivity index (χ1v) is 4.38. The van der Waals surface area contributed by atoms with Gasteiger partial charge in [-0.3, -0.25) is 9.35 Å². The molecule has 0 rings (SSSR count). The van der Waals surface area contributed by atoms with E-state index in [1.54, 1.807) is 0 Å². The Kier molecular flexibility index (Phi) is 3.87. The van der Waals surface area contributed by atoms with E-state index in [0.717, 1.165) is 6.08 Å². The largest absolute Gasteiger partial charge is 0.392 e. The molecule has 0 saturated carbocycles. The second-order valence-corrected chi connectivity index (χ2v) is 3.13. The van der Waals surface area contributed by atoms with Gasteiger partial charge in [-0.05, 0) is 6.92 Å². The monoisotopic (exact) mass is 195 g/mol. The molecule has 6 nitrogen and oxygen atoms in total. The Morgan fingerprint density at radius 2 is 2.08 bits per heavy atom. The average Bonchev–Trinajstić information content (AvgIpc) is 1.84. The van der Waals surface area contributed by atoms with Crippen molar-refractivity contribution in [3.63, 3.8) is 0 Å². The number of carbonyl (C=O) groups is 1. The van der Waals surface area contributed by atoms with Gasteiger partial charge in [0, 0.05) is 5.57 Å². The van der Waals surface area contributed by atoms with E-state index < -0.39 is 16.2 Å². The van der Waals surface area contributed by atoms with Gasteiger partial charge in [0.05, 0.1) is 6.61 Å². The van der Waals surface area contributed by atoms with E-state index in [1.165, 1.54) is 11.6 Å². The molecule has 0 unspecified atom stereocenters. The molecule has 0 radical (unpaired) electrons. The molecule has 0 aliphatic rings. The minimum atomic E-state index is -4.51. The number of aliphatic hydroxyl groups excluding tert-OH is 1. The van der Waals surface area contributed by atoms with Gasteiger partial charge < -0.3 is 5.11 Å². The van der Waals surface area contributed by atoms with E-state index in [-0.39, 0.29) is 12.2 Å². The van der Waals surface area contributed by atoms with Gasteiger partial charge in [0.15, 0.2) is 0 Å². The van der Waals surface area contributed by atoms with Gasteiger partial charge >= 0.3 is 10.3 Å². The summed E-state index contributed by atoms with van der Waals surface area (Å²) in [6.07, 6.45) is 1.11. The second kappa shape index (κ2) is 4.19. The fourth-order valence-corrected chi connectivity index (χ4v) is 0.823. The lowest BCUT2D eigenvalue weighted by Crippen LogP contribution is -2.30. The van der Waals surface area contributed by atoms with E-state index in [1.807, 2.05) is 0 Å². The molecule has 70 valence electrons. The van der Waals surface area contributed by atoms with Crippen molar-refractivity contribution in [2.24, 2.45) is 0 Å². The van der Waals surface area contributed by atoms with Gasteiger partial charge in [-0.15, -0.1) is 0 Å². The Hall–Kier alpha value is -0.920. The van der Waals surface area contributed by atoms with Crippen molar-refractivity contribution in [3.8, 4) is 0 Å². The summed E-state index contributed by atoms with van der Waals surface area (Å²) in [6, 6.07) is 0. The molecule has 7 heteroatoms. The van der Waals surface area contributed by atoms with Gasteiger partial charge in [-0.1, -0.05) is 6.08 Å². The van der Waals surface area contributed by atoms with Crippen LogP contribution < -0.4 is 4.72 Å². The summed E-state index contributed by atoms with van der Waals surface area (Å²) in [4.78, 5) is 10.7. The smallest absolute Gasteiger partial charge is 0.359 e. The van der Waals surface area contributed by atoms with Crippen LogP contribution in [0.15, 0.2) is 11.6 Å². The Bertz CT molecular complexity index is 291. The zero-order valence-corrected chi connectivity index (χ0v) is 7.13. The van der Waals surface area contributed by atoms with Crippen molar-refractivity contribution >= 4 is 16.2 Å². The lowest BCUT2D eigenvalue weighted by molar-refractivity contribution is -0.115. The lowest BCUT2D eigenvalue weighted by atomic mass is 10.3. The van der Waals surface area contributed by atoms with Crippen LogP contribution in [-0.4, -0.2) is 30.6 Å². The highest BCUT2D eigenvalue weighted by molar-refractivity contribution is 7.84. The number of aliphatic hydroxyl groups is 1. The maximum Gasteiger partial charge on any atom is 0.359 e. The number of nitrogens with one attached hydrogen (secondary N) is 1. The summed E-state index contributed by atoms with van der Waals surface area (Å²) in [5, 5.41) is 8.32. The molecule has 0 aromatic heterocycles. The minimum Gasteiger partial charge on any atom is -0.392 e. The molecule has 0 aromatic carbocycles. The normalized spacial score (nSPS) is 12.8. The topological polar surface area (TPSA) is 104 Å². The molecule has 3 N–H and O–H groups in total. The molecule has 0 aliphatic heterocycles. The molecule has 0 saturated heterocycles. The zero-order chi connectivity index (χ0) is 9.78. The quantitative estimate of drug-likeness (QED) is 0.389. The van der Waals surface area contributed by atoms with Gasteiger partial charge in [-0.2, -0.15) is 8.42 Å². The average molecular weight is 195 g/mol. The maximum atomic E-state index is 10.7. The van der Waals surface area contributed by atoms with Crippen molar-refractivity contribution in [2.75, 3.05) is 6.61 Å². The molecular formula is C5H9NO5S. The summed E-state index contributed by atoms with van der Waals surface area (Å²) in [6.45, 7) is 0.932. The maximum absolute atomic E-state index is 10.7. The molecule has 0 aromatic rings. The number of amides is 1. The first kappa shape index (κ1) is 11.1. The number of rotatable bonds is 3. The van der Waals surface area contributed by atoms with Crippen LogP contribution in [0.5, 0.6) is 0 Å². The summed E-state index contributed by atoms with van der Waals surface area (Å²) in [5.74, 6) is -0.966. The molecule has 1 amide bonds. The third-order valence-corrected chi connectivity index (χ3v) is 1.42. The standard InChI is InChI=1S/C5H9NO5S/c1-4(2-3-7)5(8)6-12(9,10)11/h2,7H,3H2,1H3,(H,6,8)(H,9,10,11)/b4-2+. The molecule has 0 aliphatic carbocycles. The third-order valence-electron chi connectivity index (χ3n) is 0.977. The van der Waals surface area contributed by atoms with E-state index in [4.69, 9.17) is 9.66 Å². The Balaban J connectivity index is 4.35. The Morgan fingerprint density at radius 1 is 1.58 bits per heavy atom. The lowest BCUT2D eigenvalue weighted by Gasteiger charge is -1.99. The van der Waals surface area contributed by atoms with Crippen LogP contribution in [-0.2, 0) is 15.1 Å². The van der Waals surface area contributed by atoms with Crippen molar-refractivity contribution < 1.29 is 22.9 Å². The highest BCUT2D eigenvalue weighted by Gasteiger charge is 2.10. The van der Waals surface area contributed by atoms with Crippen LogP contribution in [0.2, 0.25) is 0 Å². The Labute approximate surface area is 69.8 Å². The summed E-state index contributed by atoms with van der Waals surface area (Å²) < 4.78 is 29.6.